The van der Waals surface area contributed by atoms with Gasteiger partial charge in [0.25, 0.3) is 0 Å². The number of hydrogen-bond donors (Lipinski definition) is 0. The Labute approximate surface area is 137 Å². The molecular formula is C16H16BrClO3. The van der Waals surface area contributed by atoms with Gasteiger partial charge in [-0.25, -0.2) is 0 Å². The average molecular weight is 372 g/mol. The second-order valence-electron chi connectivity index (χ2n) is 4.26. The second kappa shape index (κ2) is 8.15. The number of benzene rings is 2. The van der Waals surface area contributed by atoms with Gasteiger partial charge in [-0.15, -0.1) is 0 Å². The maximum Gasteiger partial charge on any atom is 0.123 e. The molecule has 0 heterocycles. The fraction of sp³-hybridized carbons (Fsp3) is 0.250. The molecule has 0 aromatic heterocycles. The first-order valence-electron chi connectivity index (χ1n) is 6.47. The number of halogens is 2. The molecule has 0 unspecified atom stereocenters. The van der Waals surface area contributed by atoms with E-state index in [0.717, 1.165) is 22.8 Å². The normalized spacial score (nSPS) is 10.2. The molecule has 0 N–H and O–H groups in total. The minimum absolute atomic E-state index is 0.466. The van der Waals surface area contributed by atoms with Crippen LogP contribution in [-0.2, 0) is 5.33 Å². The van der Waals surface area contributed by atoms with Crippen molar-refractivity contribution in [2.45, 2.75) is 5.33 Å². The van der Waals surface area contributed by atoms with E-state index in [9.17, 15) is 0 Å². The zero-order valence-electron chi connectivity index (χ0n) is 11.6. The number of alkyl halides is 1. The number of rotatable bonds is 7. The van der Waals surface area contributed by atoms with Gasteiger partial charge in [0, 0.05) is 15.9 Å². The lowest BCUT2D eigenvalue weighted by atomic mass is 10.2. The Morgan fingerprint density at radius 2 is 1.62 bits per heavy atom. The number of ether oxygens (including phenoxy) is 3. The van der Waals surface area contributed by atoms with Crippen LogP contribution < -0.4 is 14.2 Å². The summed E-state index contributed by atoms with van der Waals surface area (Å²) in [5.74, 6) is 2.41. The van der Waals surface area contributed by atoms with Gasteiger partial charge in [-0.2, -0.15) is 0 Å². The minimum atomic E-state index is 0.466. The monoisotopic (exact) mass is 370 g/mol. The van der Waals surface area contributed by atoms with Gasteiger partial charge in [0.05, 0.1) is 7.11 Å². The third kappa shape index (κ3) is 4.83. The smallest absolute Gasteiger partial charge is 0.123 e. The molecule has 3 nitrogen and oxygen atoms in total. The van der Waals surface area contributed by atoms with Gasteiger partial charge in [0.1, 0.15) is 30.5 Å². The zero-order valence-corrected chi connectivity index (χ0v) is 14.0. The van der Waals surface area contributed by atoms with Gasteiger partial charge in [0.15, 0.2) is 0 Å². The molecule has 0 saturated heterocycles. The summed E-state index contributed by atoms with van der Waals surface area (Å²) in [6, 6.07) is 13.0. The van der Waals surface area contributed by atoms with E-state index in [4.69, 9.17) is 25.8 Å². The topological polar surface area (TPSA) is 27.7 Å². The molecule has 21 heavy (non-hydrogen) atoms. The first kappa shape index (κ1) is 16.0. The summed E-state index contributed by atoms with van der Waals surface area (Å²) in [4.78, 5) is 0. The van der Waals surface area contributed by atoms with Crippen LogP contribution in [0.5, 0.6) is 17.2 Å². The molecule has 0 atom stereocenters. The fourth-order valence-corrected chi connectivity index (χ4v) is 2.41. The van der Waals surface area contributed by atoms with E-state index in [1.54, 1.807) is 7.11 Å². The lowest BCUT2D eigenvalue weighted by Crippen LogP contribution is -2.09. The highest BCUT2D eigenvalue weighted by Crippen LogP contribution is 2.25. The third-order valence-electron chi connectivity index (χ3n) is 2.84. The SMILES string of the molecule is COc1ccc(OCCOc2ccc(Cl)cc2CBr)cc1. The molecule has 0 radical (unpaired) electrons. The van der Waals surface area contributed by atoms with E-state index in [1.807, 2.05) is 42.5 Å². The van der Waals surface area contributed by atoms with Gasteiger partial charge in [-0.1, -0.05) is 27.5 Å². The molecule has 2 rings (SSSR count). The molecule has 0 aliphatic rings. The molecular weight excluding hydrogens is 356 g/mol. The third-order valence-corrected chi connectivity index (χ3v) is 3.67. The molecule has 2 aromatic rings. The molecule has 0 aliphatic heterocycles. The molecule has 0 fully saturated rings. The molecule has 0 aliphatic carbocycles. The van der Waals surface area contributed by atoms with Crippen molar-refractivity contribution in [1.29, 1.82) is 0 Å². The van der Waals surface area contributed by atoms with Gasteiger partial charge in [0.2, 0.25) is 0 Å². The molecule has 0 saturated carbocycles. The van der Waals surface area contributed by atoms with Crippen LogP contribution in [0.2, 0.25) is 5.02 Å². The maximum atomic E-state index is 5.95. The first-order chi connectivity index (χ1) is 10.2. The Kier molecular flexibility index (Phi) is 6.21. The van der Waals surface area contributed by atoms with Gasteiger partial charge in [-0.3, -0.25) is 0 Å². The van der Waals surface area contributed by atoms with Crippen molar-refractivity contribution in [3.63, 3.8) is 0 Å². The van der Waals surface area contributed by atoms with E-state index in [2.05, 4.69) is 15.9 Å². The highest BCUT2D eigenvalue weighted by atomic mass is 79.9. The lowest BCUT2D eigenvalue weighted by Gasteiger charge is -2.11. The Bertz CT molecular complexity index is 572. The van der Waals surface area contributed by atoms with Crippen LogP contribution in [-0.4, -0.2) is 20.3 Å². The highest BCUT2D eigenvalue weighted by molar-refractivity contribution is 9.08. The van der Waals surface area contributed by atoms with Crippen molar-refractivity contribution in [3.8, 4) is 17.2 Å². The standard InChI is InChI=1S/C16H16BrClO3/c1-19-14-3-5-15(6-4-14)20-8-9-21-16-7-2-13(18)10-12(16)11-17/h2-7,10H,8-9,11H2,1H3. The van der Waals surface area contributed by atoms with E-state index in [-0.39, 0.29) is 0 Å². The predicted octanol–water partition coefficient (Wildman–Crippen LogP) is 4.70. The van der Waals surface area contributed by atoms with E-state index >= 15 is 0 Å². The van der Waals surface area contributed by atoms with E-state index in [0.29, 0.717) is 23.6 Å². The first-order valence-corrected chi connectivity index (χ1v) is 7.97. The maximum absolute atomic E-state index is 5.95. The summed E-state index contributed by atoms with van der Waals surface area (Å²) in [6.07, 6.45) is 0. The fourth-order valence-electron chi connectivity index (χ4n) is 1.78. The van der Waals surface area contributed by atoms with E-state index in [1.165, 1.54) is 0 Å². The van der Waals surface area contributed by atoms with Crippen molar-refractivity contribution in [1.82, 2.24) is 0 Å². The average Bonchev–Trinajstić information content (AvgIpc) is 2.53. The van der Waals surface area contributed by atoms with Crippen LogP contribution in [0.25, 0.3) is 0 Å². The molecule has 5 heteroatoms. The molecule has 2 aromatic carbocycles. The van der Waals surface area contributed by atoms with Crippen LogP contribution in [0.3, 0.4) is 0 Å². The summed E-state index contributed by atoms with van der Waals surface area (Å²) < 4.78 is 16.4. The van der Waals surface area contributed by atoms with Crippen molar-refractivity contribution in [2.75, 3.05) is 20.3 Å². The van der Waals surface area contributed by atoms with Crippen LogP contribution in [0.15, 0.2) is 42.5 Å². The Hall–Kier alpha value is -1.39. The molecule has 0 spiro atoms. The number of methoxy groups -OCH3 is 1. The van der Waals surface area contributed by atoms with Crippen LogP contribution in [0.4, 0.5) is 0 Å². The lowest BCUT2D eigenvalue weighted by molar-refractivity contribution is 0.216. The number of hydrogen-bond acceptors (Lipinski definition) is 3. The Morgan fingerprint density at radius 1 is 0.952 bits per heavy atom. The largest absolute Gasteiger partial charge is 0.497 e. The molecule has 0 bridgehead atoms. The van der Waals surface area contributed by atoms with Gasteiger partial charge in [-0.05, 0) is 42.5 Å². The summed E-state index contributed by atoms with van der Waals surface area (Å²) in [5.41, 5.74) is 1.02. The van der Waals surface area contributed by atoms with Crippen molar-refractivity contribution in [3.05, 3.63) is 53.1 Å². The zero-order chi connectivity index (χ0) is 15.1. The summed E-state index contributed by atoms with van der Waals surface area (Å²) in [7, 11) is 1.64. The second-order valence-corrected chi connectivity index (χ2v) is 5.26. The van der Waals surface area contributed by atoms with Crippen LogP contribution in [0, 0.1) is 0 Å². The van der Waals surface area contributed by atoms with Crippen molar-refractivity contribution < 1.29 is 14.2 Å². The summed E-state index contributed by atoms with van der Waals surface area (Å²) in [5, 5.41) is 1.40. The van der Waals surface area contributed by atoms with Crippen molar-refractivity contribution >= 4 is 27.5 Å². The quantitative estimate of drug-likeness (QED) is 0.521. The minimum Gasteiger partial charge on any atom is -0.497 e. The summed E-state index contributed by atoms with van der Waals surface area (Å²) in [6.45, 7) is 0.935. The molecule has 0 amide bonds. The van der Waals surface area contributed by atoms with Crippen LogP contribution in [0.1, 0.15) is 5.56 Å². The Morgan fingerprint density at radius 3 is 2.29 bits per heavy atom. The van der Waals surface area contributed by atoms with Gasteiger partial charge < -0.3 is 14.2 Å². The summed E-state index contributed by atoms with van der Waals surface area (Å²) >= 11 is 9.37. The van der Waals surface area contributed by atoms with Crippen LogP contribution >= 0.6 is 27.5 Å². The predicted molar refractivity (Wildman–Crippen MR) is 88.1 cm³/mol. The van der Waals surface area contributed by atoms with Gasteiger partial charge >= 0.3 is 0 Å². The highest BCUT2D eigenvalue weighted by Gasteiger charge is 2.04. The van der Waals surface area contributed by atoms with E-state index < -0.39 is 0 Å². The Balaban J connectivity index is 1.81. The van der Waals surface area contributed by atoms with Crippen molar-refractivity contribution in [2.24, 2.45) is 0 Å². The molecule has 112 valence electrons.